The van der Waals surface area contributed by atoms with E-state index in [1.165, 1.54) is 5.56 Å². The molecular formula is C15H19N5O. The fraction of sp³-hybridized carbons (Fsp3) is 0.400. The highest BCUT2D eigenvalue weighted by atomic mass is 16.2. The number of aromatic nitrogens is 3. The fourth-order valence-corrected chi connectivity index (χ4v) is 2.88. The van der Waals surface area contributed by atoms with E-state index in [9.17, 15) is 4.79 Å². The third kappa shape index (κ3) is 2.37. The Kier molecular flexibility index (Phi) is 3.37. The van der Waals surface area contributed by atoms with Gasteiger partial charge in [0.1, 0.15) is 6.33 Å². The maximum absolute atomic E-state index is 12.6. The van der Waals surface area contributed by atoms with Crippen LogP contribution in [0.15, 0.2) is 30.6 Å². The lowest BCUT2D eigenvalue weighted by Crippen LogP contribution is -2.44. The maximum atomic E-state index is 12.6. The van der Waals surface area contributed by atoms with Gasteiger partial charge in [-0.2, -0.15) is 0 Å². The van der Waals surface area contributed by atoms with Gasteiger partial charge in [0.25, 0.3) is 0 Å². The van der Waals surface area contributed by atoms with Gasteiger partial charge in [-0.3, -0.25) is 4.90 Å². The molecule has 1 N–H and O–H groups in total. The summed E-state index contributed by atoms with van der Waals surface area (Å²) in [6, 6.07) is 7.91. The molecular weight excluding hydrogens is 266 g/mol. The second kappa shape index (κ2) is 5.20. The average Bonchev–Trinajstić information content (AvgIpc) is 3.00. The quantitative estimate of drug-likeness (QED) is 0.918. The lowest BCUT2D eigenvalue weighted by Gasteiger charge is -2.25. The molecule has 0 bridgehead atoms. The first-order valence-electron chi connectivity index (χ1n) is 7.09. The SMILES string of the molecule is C[C@@H]1Cc2ccccc2N1C(=O)N[C@H](C)c1nncn1C. The van der Waals surface area contributed by atoms with Gasteiger partial charge in [0, 0.05) is 18.8 Å². The standard InChI is InChI=1S/C15H19N5O/c1-10-8-12-6-4-5-7-13(12)20(10)15(21)17-11(2)14-18-16-9-19(14)3/h4-7,9-11H,8H2,1-3H3,(H,17,21)/t10-,11-/m1/s1. The van der Waals surface area contributed by atoms with Crippen LogP contribution in [0.3, 0.4) is 0 Å². The predicted octanol–water partition coefficient (Wildman–Crippen LogP) is 2.04. The van der Waals surface area contributed by atoms with Crippen molar-refractivity contribution < 1.29 is 4.79 Å². The first-order chi connectivity index (χ1) is 10.1. The van der Waals surface area contributed by atoms with Gasteiger partial charge >= 0.3 is 6.03 Å². The summed E-state index contributed by atoms with van der Waals surface area (Å²) in [4.78, 5) is 14.4. The molecule has 1 aromatic heterocycles. The van der Waals surface area contributed by atoms with Crippen molar-refractivity contribution in [2.24, 2.45) is 7.05 Å². The molecule has 3 rings (SSSR count). The maximum Gasteiger partial charge on any atom is 0.322 e. The van der Waals surface area contributed by atoms with Crippen molar-refractivity contribution in [3.63, 3.8) is 0 Å². The lowest BCUT2D eigenvalue weighted by molar-refractivity contribution is 0.241. The average molecular weight is 285 g/mol. The summed E-state index contributed by atoms with van der Waals surface area (Å²) in [6.45, 7) is 3.97. The number of para-hydroxylation sites is 1. The van der Waals surface area contributed by atoms with Gasteiger partial charge < -0.3 is 9.88 Å². The zero-order valence-electron chi connectivity index (χ0n) is 12.4. The Balaban J connectivity index is 1.78. The van der Waals surface area contributed by atoms with Crippen molar-refractivity contribution in [1.82, 2.24) is 20.1 Å². The first-order valence-corrected chi connectivity index (χ1v) is 7.09. The Labute approximate surface area is 123 Å². The van der Waals surface area contributed by atoms with Gasteiger partial charge in [0.15, 0.2) is 5.82 Å². The topological polar surface area (TPSA) is 63.1 Å². The van der Waals surface area contributed by atoms with Crippen molar-refractivity contribution in [2.75, 3.05) is 4.90 Å². The minimum Gasteiger partial charge on any atom is -0.328 e. The molecule has 0 spiro atoms. The summed E-state index contributed by atoms with van der Waals surface area (Å²) in [7, 11) is 1.87. The summed E-state index contributed by atoms with van der Waals surface area (Å²) >= 11 is 0. The number of rotatable bonds is 2. The molecule has 2 atom stereocenters. The second-order valence-corrected chi connectivity index (χ2v) is 5.52. The molecule has 1 aliphatic rings. The van der Waals surface area contributed by atoms with Crippen LogP contribution < -0.4 is 10.2 Å². The van der Waals surface area contributed by atoms with Gasteiger partial charge in [-0.1, -0.05) is 18.2 Å². The Morgan fingerprint density at radius 2 is 2.19 bits per heavy atom. The lowest BCUT2D eigenvalue weighted by atomic mass is 10.1. The van der Waals surface area contributed by atoms with E-state index in [1.54, 1.807) is 6.33 Å². The van der Waals surface area contributed by atoms with Crippen LogP contribution in [-0.4, -0.2) is 26.8 Å². The van der Waals surface area contributed by atoms with E-state index >= 15 is 0 Å². The monoisotopic (exact) mass is 285 g/mol. The number of nitrogens with zero attached hydrogens (tertiary/aromatic N) is 4. The number of anilines is 1. The van der Waals surface area contributed by atoms with Crippen LogP contribution in [0.2, 0.25) is 0 Å². The van der Waals surface area contributed by atoms with E-state index in [0.717, 1.165) is 17.9 Å². The Morgan fingerprint density at radius 1 is 1.43 bits per heavy atom. The van der Waals surface area contributed by atoms with Crippen LogP contribution in [0.25, 0.3) is 0 Å². The minimum absolute atomic E-state index is 0.0945. The highest BCUT2D eigenvalue weighted by Gasteiger charge is 2.31. The van der Waals surface area contributed by atoms with Crippen molar-refractivity contribution in [1.29, 1.82) is 0 Å². The van der Waals surface area contributed by atoms with Gasteiger partial charge in [0.2, 0.25) is 0 Å². The zero-order chi connectivity index (χ0) is 15.0. The summed E-state index contributed by atoms with van der Waals surface area (Å²) < 4.78 is 1.81. The third-order valence-corrected chi connectivity index (χ3v) is 3.90. The number of aryl methyl sites for hydroxylation is 1. The van der Waals surface area contributed by atoms with Gasteiger partial charge in [-0.05, 0) is 31.9 Å². The van der Waals surface area contributed by atoms with Gasteiger partial charge in [-0.25, -0.2) is 4.79 Å². The molecule has 2 aromatic rings. The molecule has 1 aliphatic heterocycles. The number of urea groups is 1. The Hall–Kier alpha value is -2.37. The Bertz CT molecular complexity index is 666. The van der Waals surface area contributed by atoms with Crippen LogP contribution in [0, 0.1) is 0 Å². The van der Waals surface area contributed by atoms with Crippen molar-refractivity contribution >= 4 is 11.7 Å². The van der Waals surface area contributed by atoms with E-state index in [0.29, 0.717) is 0 Å². The molecule has 110 valence electrons. The number of carbonyl (C=O) groups is 1. The molecule has 0 radical (unpaired) electrons. The van der Waals surface area contributed by atoms with E-state index in [1.807, 2.05) is 41.6 Å². The van der Waals surface area contributed by atoms with E-state index < -0.39 is 0 Å². The zero-order valence-corrected chi connectivity index (χ0v) is 12.4. The number of hydrogen-bond acceptors (Lipinski definition) is 3. The molecule has 6 nitrogen and oxygen atoms in total. The summed E-state index contributed by atoms with van der Waals surface area (Å²) in [5, 5.41) is 10.9. The minimum atomic E-state index is -0.190. The second-order valence-electron chi connectivity index (χ2n) is 5.52. The van der Waals surface area contributed by atoms with E-state index in [4.69, 9.17) is 0 Å². The van der Waals surface area contributed by atoms with Crippen LogP contribution in [-0.2, 0) is 13.5 Å². The summed E-state index contributed by atoms with van der Waals surface area (Å²) in [6.07, 6.45) is 2.52. The third-order valence-electron chi connectivity index (χ3n) is 3.90. The predicted molar refractivity (Wildman–Crippen MR) is 80.0 cm³/mol. The normalized spacial score (nSPS) is 18.4. The van der Waals surface area contributed by atoms with Crippen molar-refractivity contribution in [3.05, 3.63) is 42.0 Å². The number of carbonyl (C=O) groups excluding carboxylic acids is 1. The Morgan fingerprint density at radius 3 is 2.90 bits per heavy atom. The fourth-order valence-electron chi connectivity index (χ4n) is 2.88. The van der Waals surface area contributed by atoms with E-state index in [-0.39, 0.29) is 18.1 Å². The molecule has 0 fully saturated rings. The van der Waals surface area contributed by atoms with E-state index in [2.05, 4.69) is 28.5 Å². The summed E-state index contributed by atoms with van der Waals surface area (Å²) in [5.41, 5.74) is 2.21. The van der Waals surface area contributed by atoms with Gasteiger partial charge in [-0.15, -0.1) is 10.2 Å². The van der Waals surface area contributed by atoms with Crippen LogP contribution in [0.4, 0.5) is 10.5 Å². The first kappa shape index (κ1) is 13.6. The van der Waals surface area contributed by atoms with Crippen LogP contribution in [0.5, 0.6) is 0 Å². The number of fused-ring (bicyclic) bond motifs is 1. The number of benzene rings is 1. The number of nitrogens with one attached hydrogen (secondary N) is 1. The van der Waals surface area contributed by atoms with Crippen molar-refractivity contribution in [3.8, 4) is 0 Å². The molecule has 2 amide bonds. The van der Waals surface area contributed by atoms with Crippen LogP contribution in [0.1, 0.15) is 31.3 Å². The largest absolute Gasteiger partial charge is 0.328 e. The smallest absolute Gasteiger partial charge is 0.322 e. The highest BCUT2D eigenvalue weighted by molar-refractivity contribution is 5.95. The highest BCUT2D eigenvalue weighted by Crippen LogP contribution is 2.31. The molecule has 0 saturated carbocycles. The molecule has 0 aliphatic carbocycles. The molecule has 0 saturated heterocycles. The molecule has 6 heteroatoms. The molecule has 0 unspecified atom stereocenters. The number of amides is 2. The molecule has 2 heterocycles. The van der Waals surface area contributed by atoms with Gasteiger partial charge in [0.05, 0.1) is 6.04 Å². The summed E-state index contributed by atoms with van der Waals surface area (Å²) in [5.74, 6) is 0.739. The van der Waals surface area contributed by atoms with Crippen molar-refractivity contribution in [2.45, 2.75) is 32.4 Å². The molecule has 1 aromatic carbocycles. The molecule has 21 heavy (non-hydrogen) atoms. The number of hydrogen-bond donors (Lipinski definition) is 1. The van der Waals surface area contributed by atoms with Crippen LogP contribution >= 0.6 is 0 Å².